The van der Waals surface area contributed by atoms with Crippen LogP contribution in [0.3, 0.4) is 0 Å². The third-order valence-corrected chi connectivity index (χ3v) is 6.54. The van der Waals surface area contributed by atoms with E-state index in [9.17, 15) is 5.11 Å². The molecule has 0 saturated carbocycles. The number of aliphatic hydroxyl groups excluding tert-OH is 1. The van der Waals surface area contributed by atoms with Gasteiger partial charge < -0.3 is 5.11 Å². The van der Waals surface area contributed by atoms with Gasteiger partial charge in [-0.1, -0.05) is 31.2 Å². The molecule has 0 amide bonds. The lowest BCUT2D eigenvalue weighted by molar-refractivity contribution is 0.171. The van der Waals surface area contributed by atoms with Crippen molar-refractivity contribution in [1.82, 2.24) is 0 Å². The van der Waals surface area contributed by atoms with Crippen molar-refractivity contribution in [2.45, 2.75) is 36.9 Å². The first-order valence-corrected chi connectivity index (χ1v) is 8.24. The van der Waals surface area contributed by atoms with Crippen molar-refractivity contribution in [2.75, 3.05) is 11.5 Å². The second kappa shape index (κ2) is 6.17. The Morgan fingerprint density at radius 3 is 2.71 bits per heavy atom. The molecule has 94 valence electrons. The molecule has 1 saturated heterocycles. The molecule has 1 aromatic rings. The fraction of sp³-hybridized carbons (Fsp3) is 0.571. The fourth-order valence-corrected chi connectivity index (χ4v) is 5.10. The predicted molar refractivity (Wildman–Crippen MR) is 79.1 cm³/mol. The first-order chi connectivity index (χ1) is 8.18. The van der Waals surface area contributed by atoms with Crippen molar-refractivity contribution in [1.29, 1.82) is 0 Å². The van der Waals surface area contributed by atoms with E-state index in [2.05, 4.69) is 38.1 Å². The van der Waals surface area contributed by atoms with Gasteiger partial charge in [-0.25, -0.2) is 0 Å². The largest absolute Gasteiger partial charge is 0.392 e. The molecule has 0 bridgehead atoms. The van der Waals surface area contributed by atoms with Gasteiger partial charge in [-0.3, -0.25) is 0 Å². The maximum atomic E-state index is 10.4. The van der Waals surface area contributed by atoms with Gasteiger partial charge in [-0.2, -0.15) is 23.5 Å². The molecule has 0 aliphatic carbocycles. The molecule has 0 spiro atoms. The Kier molecular flexibility index (Phi) is 4.83. The Morgan fingerprint density at radius 2 is 2.00 bits per heavy atom. The van der Waals surface area contributed by atoms with Crippen LogP contribution in [0.15, 0.2) is 24.3 Å². The summed E-state index contributed by atoms with van der Waals surface area (Å²) in [7, 11) is 0. The smallest absolute Gasteiger partial charge is 0.0709 e. The molecule has 2 rings (SSSR count). The van der Waals surface area contributed by atoms with Gasteiger partial charge in [0.25, 0.3) is 0 Å². The van der Waals surface area contributed by atoms with E-state index in [4.69, 9.17) is 0 Å². The molecule has 3 heteroatoms. The van der Waals surface area contributed by atoms with Gasteiger partial charge in [-0.15, -0.1) is 0 Å². The highest BCUT2D eigenvalue weighted by Crippen LogP contribution is 2.34. The second-order valence-corrected chi connectivity index (χ2v) is 7.38. The predicted octanol–water partition coefficient (Wildman–Crippen LogP) is 3.14. The minimum absolute atomic E-state index is 0.219. The van der Waals surface area contributed by atoms with Crippen LogP contribution in [0.25, 0.3) is 0 Å². The van der Waals surface area contributed by atoms with Crippen molar-refractivity contribution in [3.05, 3.63) is 35.4 Å². The van der Waals surface area contributed by atoms with E-state index in [0.717, 1.165) is 6.42 Å². The third-order valence-electron chi connectivity index (χ3n) is 3.31. The van der Waals surface area contributed by atoms with Crippen LogP contribution >= 0.6 is 23.5 Å². The Morgan fingerprint density at radius 1 is 1.29 bits per heavy atom. The highest BCUT2D eigenvalue weighted by Gasteiger charge is 2.29. The number of aliphatic hydroxyl groups is 1. The fourth-order valence-electron chi connectivity index (χ4n) is 2.25. The van der Waals surface area contributed by atoms with Crippen LogP contribution < -0.4 is 0 Å². The minimum atomic E-state index is -0.219. The molecule has 3 atom stereocenters. The lowest BCUT2D eigenvalue weighted by Gasteiger charge is -2.31. The molecule has 1 aromatic carbocycles. The summed E-state index contributed by atoms with van der Waals surface area (Å²) in [5.74, 6) is 2.39. The summed E-state index contributed by atoms with van der Waals surface area (Å²) >= 11 is 3.92. The first kappa shape index (κ1) is 13.3. The number of hydrogen-bond donors (Lipinski definition) is 1. The Bertz CT molecular complexity index is 367. The number of hydrogen-bond acceptors (Lipinski definition) is 3. The van der Waals surface area contributed by atoms with Crippen LogP contribution in [0.5, 0.6) is 0 Å². The molecule has 1 aliphatic rings. The zero-order valence-electron chi connectivity index (χ0n) is 10.4. The molecular weight excluding hydrogens is 248 g/mol. The van der Waals surface area contributed by atoms with Gasteiger partial charge in [0.2, 0.25) is 0 Å². The maximum absolute atomic E-state index is 10.4. The number of thioether (sulfide) groups is 2. The van der Waals surface area contributed by atoms with Crippen LogP contribution in [0.2, 0.25) is 0 Å². The standard InChI is InChI=1S/C14H20OS2/c1-10-5-3-4-6-12(10)9-13(15)14-11(2)16-7-8-17-14/h3-6,11,13-15H,7-9H2,1-2H3. The van der Waals surface area contributed by atoms with E-state index in [1.165, 1.54) is 22.6 Å². The molecule has 0 aromatic heterocycles. The van der Waals surface area contributed by atoms with Gasteiger partial charge in [0, 0.05) is 22.0 Å². The summed E-state index contributed by atoms with van der Waals surface area (Å²) in [5.41, 5.74) is 2.57. The quantitative estimate of drug-likeness (QED) is 0.909. The van der Waals surface area contributed by atoms with E-state index in [1.54, 1.807) is 0 Å². The number of rotatable bonds is 3. The topological polar surface area (TPSA) is 20.2 Å². The van der Waals surface area contributed by atoms with E-state index >= 15 is 0 Å². The lowest BCUT2D eigenvalue weighted by atomic mass is 10.00. The van der Waals surface area contributed by atoms with Crippen LogP contribution in [-0.4, -0.2) is 33.2 Å². The molecule has 1 aliphatic heterocycles. The van der Waals surface area contributed by atoms with Crippen molar-refractivity contribution in [3.8, 4) is 0 Å². The van der Waals surface area contributed by atoms with Crippen molar-refractivity contribution >= 4 is 23.5 Å². The SMILES string of the molecule is Cc1ccccc1CC(O)C1SCCSC1C. The summed E-state index contributed by atoms with van der Waals surface area (Å²) in [4.78, 5) is 0. The Hall–Kier alpha value is -0.120. The van der Waals surface area contributed by atoms with E-state index in [-0.39, 0.29) is 6.10 Å². The van der Waals surface area contributed by atoms with E-state index in [0.29, 0.717) is 10.5 Å². The average molecular weight is 268 g/mol. The average Bonchev–Trinajstić information content (AvgIpc) is 2.32. The second-order valence-electron chi connectivity index (χ2n) is 4.61. The lowest BCUT2D eigenvalue weighted by Crippen LogP contribution is -2.36. The van der Waals surface area contributed by atoms with Gasteiger partial charge in [0.05, 0.1) is 6.10 Å². The summed E-state index contributed by atoms with van der Waals surface area (Å²) in [6, 6.07) is 8.36. The zero-order chi connectivity index (χ0) is 12.3. The monoisotopic (exact) mass is 268 g/mol. The molecule has 0 radical (unpaired) electrons. The molecule has 1 fully saturated rings. The van der Waals surface area contributed by atoms with Crippen LogP contribution in [0.4, 0.5) is 0 Å². The van der Waals surface area contributed by atoms with Crippen LogP contribution in [0, 0.1) is 6.92 Å². The van der Waals surface area contributed by atoms with Gasteiger partial charge >= 0.3 is 0 Å². The highest BCUT2D eigenvalue weighted by molar-refractivity contribution is 8.07. The number of benzene rings is 1. The van der Waals surface area contributed by atoms with Gasteiger partial charge in [0.15, 0.2) is 0 Å². The summed E-state index contributed by atoms with van der Waals surface area (Å²) in [6.07, 6.45) is 0.568. The van der Waals surface area contributed by atoms with Gasteiger partial charge in [0.1, 0.15) is 0 Å². The van der Waals surface area contributed by atoms with E-state index < -0.39 is 0 Å². The van der Waals surface area contributed by atoms with E-state index in [1.807, 2.05) is 23.5 Å². The number of aryl methyl sites for hydroxylation is 1. The normalized spacial score (nSPS) is 26.8. The van der Waals surface area contributed by atoms with Crippen molar-refractivity contribution < 1.29 is 5.11 Å². The minimum Gasteiger partial charge on any atom is -0.392 e. The van der Waals surface area contributed by atoms with Crippen molar-refractivity contribution in [3.63, 3.8) is 0 Å². The first-order valence-electron chi connectivity index (χ1n) is 6.14. The molecule has 1 N–H and O–H groups in total. The molecular formula is C14H20OS2. The zero-order valence-corrected chi connectivity index (χ0v) is 12.1. The molecule has 3 unspecified atom stereocenters. The van der Waals surface area contributed by atoms with Crippen LogP contribution in [0.1, 0.15) is 18.1 Å². The molecule has 1 nitrogen and oxygen atoms in total. The maximum Gasteiger partial charge on any atom is 0.0709 e. The molecule has 1 heterocycles. The van der Waals surface area contributed by atoms with Crippen LogP contribution in [-0.2, 0) is 6.42 Å². The summed E-state index contributed by atoms with van der Waals surface area (Å²) < 4.78 is 0. The Labute approximate surface area is 112 Å². The Balaban J connectivity index is 2.01. The molecule has 17 heavy (non-hydrogen) atoms. The summed E-state index contributed by atoms with van der Waals surface area (Å²) in [6.45, 7) is 4.36. The third kappa shape index (κ3) is 3.43. The summed E-state index contributed by atoms with van der Waals surface area (Å²) in [5, 5.41) is 11.3. The highest BCUT2D eigenvalue weighted by atomic mass is 32.2. The van der Waals surface area contributed by atoms with Gasteiger partial charge in [-0.05, 0) is 24.5 Å². The van der Waals surface area contributed by atoms with Crippen molar-refractivity contribution in [2.24, 2.45) is 0 Å².